The zero-order chi connectivity index (χ0) is 16.2. The van der Waals surface area contributed by atoms with Crippen LogP contribution in [-0.4, -0.2) is 21.9 Å². The van der Waals surface area contributed by atoms with Crippen LogP contribution in [0.2, 0.25) is 0 Å². The number of hydrogen-bond acceptors (Lipinski definition) is 3. The summed E-state index contributed by atoms with van der Waals surface area (Å²) in [5, 5.41) is 15.4. The summed E-state index contributed by atoms with van der Waals surface area (Å²) in [6.45, 7) is 0.0944. The summed E-state index contributed by atoms with van der Waals surface area (Å²) in [5.74, 6) is -0.586. The Morgan fingerprint density at radius 1 is 1.22 bits per heavy atom. The second-order valence-electron chi connectivity index (χ2n) is 5.03. The van der Waals surface area contributed by atoms with Crippen LogP contribution in [0.1, 0.15) is 5.56 Å². The van der Waals surface area contributed by atoms with Gasteiger partial charge in [-0.25, -0.2) is 4.39 Å². The topological polar surface area (TPSA) is 66.6 Å². The SMILES string of the molecule is O=C(Cn1cc(C=NO)c2ccccc21)Nc1ccc(F)cc1. The van der Waals surface area contributed by atoms with Crippen LogP contribution in [0.4, 0.5) is 10.1 Å². The van der Waals surface area contributed by atoms with E-state index in [-0.39, 0.29) is 18.3 Å². The van der Waals surface area contributed by atoms with Crippen LogP contribution in [0, 0.1) is 5.82 Å². The first-order valence-corrected chi connectivity index (χ1v) is 6.98. The maximum atomic E-state index is 12.9. The number of hydrogen-bond donors (Lipinski definition) is 2. The van der Waals surface area contributed by atoms with Crippen molar-refractivity contribution in [3.05, 3.63) is 66.1 Å². The van der Waals surface area contributed by atoms with E-state index < -0.39 is 0 Å². The third kappa shape index (κ3) is 3.21. The average molecular weight is 311 g/mol. The lowest BCUT2D eigenvalue weighted by atomic mass is 10.2. The van der Waals surface area contributed by atoms with Gasteiger partial charge in [-0.1, -0.05) is 23.4 Å². The Morgan fingerprint density at radius 2 is 1.96 bits per heavy atom. The first-order valence-electron chi connectivity index (χ1n) is 6.98. The van der Waals surface area contributed by atoms with E-state index in [9.17, 15) is 9.18 Å². The van der Waals surface area contributed by atoms with Gasteiger partial charge in [0.15, 0.2) is 0 Å². The van der Waals surface area contributed by atoms with Crippen molar-refractivity contribution in [1.29, 1.82) is 0 Å². The zero-order valence-corrected chi connectivity index (χ0v) is 12.1. The number of halogens is 1. The predicted molar refractivity (Wildman–Crippen MR) is 86.3 cm³/mol. The molecule has 0 saturated carbocycles. The third-order valence-electron chi connectivity index (χ3n) is 3.46. The van der Waals surface area contributed by atoms with E-state index in [1.807, 2.05) is 24.3 Å². The highest BCUT2D eigenvalue weighted by Crippen LogP contribution is 2.20. The first-order chi connectivity index (χ1) is 11.2. The Bertz CT molecular complexity index is 869. The van der Waals surface area contributed by atoms with Crippen molar-refractivity contribution in [3.8, 4) is 0 Å². The number of nitrogens with zero attached hydrogens (tertiary/aromatic N) is 2. The van der Waals surface area contributed by atoms with E-state index in [1.165, 1.54) is 30.5 Å². The molecule has 0 bridgehead atoms. The van der Waals surface area contributed by atoms with Crippen LogP contribution in [0.25, 0.3) is 10.9 Å². The Hall–Kier alpha value is -3.15. The molecule has 0 aliphatic carbocycles. The molecular formula is C17H14FN3O2. The molecule has 3 rings (SSSR count). The molecule has 5 nitrogen and oxygen atoms in total. The van der Waals surface area contributed by atoms with Crippen LogP contribution in [-0.2, 0) is 11.3 Å². The number of oxime groups is 1. The fourth-order valence-electron chi connectivity index (χ4n) is 2.46. The van der Waals surface area contributed by atoms with Gasteiger partial charge in [0.2, 0.25) is 5.91 Å². The second-order valence-corrected chi connectivity index (χ2v) is 5.03. The Kier molecular flexibility index (Phi) is 4.05. The zero-order valence-electron chi connectivity index (χ0n) is 12.1. The molecule has 1 amide bonds. The summed E-state index contributed by atoms with van der Waals surface area (Å²) in [4.78, 5) is 12.2. The summed E-state index contributed by atoms with van der Waals surface area (Å²) in [7, 11) is 0. The molecule has 23 heavy (non-hydrogen) atoms. The highest BCUT2D eigenvalue weighted by Gasteiger charge is 2.10. The van der Waals surface area contributed by atoms with Crippen molar-refractivity contribution in [2.45, 2.75) is 6.54 Å². The van der Waals surface area contributed by atoms with Gasteiger partial charge in [-0.3, -0.25) is 4.79 Å². The molecule has 0 radical (unpaired) electrons. The second kappa shape index (κ2) is 6.31. The van der Waals surface area contributed by atoms with Crippen molar-refractivity contribution in [1.82, 2.24) is 4.57 Å². The molecule has 0 unspecified atom stereocenters. The van der Waals surface area contributed by atoms with Crippen LogP contribution in [0.3, 0.4) is 0 Å². The number of para-hydroxylation sites is 1. The van der Waals surface area contributed by atoms with Gasteiger partial charge in [0.25, 0.3) is 0 Å². The van der Waals surface area contributed by atoms with Crippen LogP contribution in [0.15, 0.2) is 59.9 Å². The summed E-state index contributed by atoms with van der Waals surface area (Å²) in [5.41, 5.74) is 2.11. The lowest BCUT2D eigenvalue weighted by Gasteiger charge is -2.07. The summed E-state index contributed by atoms with van der Waals surface area (Å²) in [6.07, 6.45) is 3.07. The first kappa shape index (κ1) is 14.8. The highest BCUT2D eigenvalue weighted by molar-refractivity contribution is 6.00. The molecule has 0 aliphatic rings. The fourth-order valence-corrected chi connectivity index (χ4v) is 2.46. The summed E-state index contributed by atoms with van der Waals surface area (Å²) >= 11 is 0. The number of aromatic nitrogens is 1. The van der Waals surface area contributed by atoms with Gasteiger partial charge >= 0.3 is 0 Å². The van der Waals surface area contributed by atoms with Crippen LogP contribution >= 0.6 is 0 Å². The van der Waals surface area contributed by atoms with Crippen molar-refractivity contribution < 1.29 is 14.4 Å². The van der Waals surface area contributed by atoms with Gasteiger partial charge in [-0.2, -0.15) is 0 Å². The number of carbonyl (C=O) groups excluding carboxylic acids is 1. The summed E-state index contributed by atoms with van der Waals surface area (Å²) < 4.78 is 14.6. The molecule has 0 atom stereocenters. The summed E-state index contributed by atoms with van der Waals surface area (Å²) in [6, 6.07) is 13.1. The Labute approximate surface area is 131 Å². The minimum atomic E-state index is -0.354. The average Bonchev–Trinajstić information content (AvgIpc) is 2.88. The molecule has 2 N–H and O–H groups in total. The molecule has 2 aromatic carbocycles. The number of amides is 1. The van der Waals surface area contributed by atoms with Gasteiger partial charge in [0.05, 0.1) is 6.21 Å². The van der Waals surface area contributed by atoms with E-state index in [2.05, 4.69) is 10.5 Å². The highest BCUT2D eigenvalue weighted by atomic mass is 19.1. The minimum Gasteiger partial charge on any atom is -0.411 e. The number of anilines is 1. The standard InChI is InChI=1S/C17H14FN3O2/c18-13-5-7-14(8-6-13)20-17(22)11-21-10-12(9-19-23)15-3-1-2-4-16(15)21/h1-10,23H,11H2,(H,20,22). The molecular weight excluding hydrogens is 297 g/mol. The van der Waals surface area contributed by atoms with Gasteiger partial charge in [0.1, 0.15) is 12.4 Å². The Balaban J connectivity index is 1.83. The lowest BCUT2D eigenvalue weighted by Crippen LogP contribution is -2.18. The number of fused-ring (bicyclic) bond motifs is 1. The van der Waals surface area contributed by atoms with E-state index >= 15 is 0 Å². The molecule has 0 fully saturated rings. The molecule has 116 valence electrons. The van der Waals surface area contributed by atoms with Crippen molar-refractivity contribution in [2.75, 3.05) is 5.32 Å². The molecule has 6 heteroatoms. The smallest absolute Gasteiger partial charge is 0.244 e. The molecule has 0 spiro atoms. The van der Waals surface area contributed by atoms with Gasteiger partial charge in [-0.05, 0) is 30.3 Å². The maximum Gasteiger partial charge on any atom is 0.244 e. The quantitative estimate of drug-likeness (QED) is 0.441. The van der Waals surface area contributed by atoms with Gasteiger partial charge < -0.3 is 15.1 Å². The van der Waals surface area contributed by atoms with Gasteiger partial charge in [-0.15, -0.1) is 0 Å². The largest absolute Gasteiger partial charge is 0.411 e. The number of nitrogens with one attached hydrogen (secondary N) is 1. The number of carbonyl (C=O) groups is 1. The van der Waals surface area contributed by atoms with Crippen molar-refractivity contribution in [3.63, 3.8) is 0 Å². The van der Waals surface area contributed by atoms with Crippen molar-refractivity contribution >= 4 is 28.7 Å². The predicted octanol–water partition coefficient (Wildman–Crippen LogP) is 3.23. The lowest BCUT2D eigenvalue weighted by molar-refractivity contribution is -0.116. The molecule has 1 heterocycles. The molecule has 3 aromatic rings. The van der Waals surface area contributed by atoms with E-state index in [1.54, 1.807) is 10.8 Å². The molecule has 0 saturated heterocycles. The maximum absolute atomic E-state index is 12.9. The Morgan fingerprint density at radius 3 is 2.70 bits per heavy atom. The molecule has 1 aromatic heterocycles. The van der Waals surface area contributed by atoms with E-state index in [0.29, 0.717) is 5.69 Å². The fraction of sp³-hybridized carbons (Fsp3) is 0.0588. The third-order valence-corrected chi connectivity index (χ3v) is 3.46. The van der Waals surface area contributed by atoms with Gasteiger partial charge in [0, 0.05) is 28.4 Å². The van der Waals surface area contributed by atoms with E-state index in [0.717, 1.165) is 16.5 Å². The monoisotopic (exact) mass is 311 g/mol. The number of rotatable bonds is 4. The van der Waals surface area contributed by atoms with Crippen LogP contribution < -0.4 is 5.32 Å². The van der Waals surface area contributed by atoms with E-state index in [4.69, 9.17) is 5.21 Å². The minimum absolute atomic E-state index is 0.0944. The number of benzene rings is 2. The normalized spacial score (nSPS) is 11.2. The van der Waals surface area contributed by atoms with Crippen molar-refractivity contribution in [2.24, 2.45) is 5.16 Å². The molecule has 0 aliphatic heterocycles. The van der Waals surface area contributed by atoms with Crippen LogP contribution in [0.5, 0.6) is 0 Å².